The maximum atomic E-state index is 12.0. The molecule has 0 saturated carbocycles. The molecular weight excluding hydrogens is 378 g/mol. The van der Waals surface area contributed by atoms with E-state index in [4.69, 9.17) is 9.84 Å². The fourth-order valence-corrected chi connectivity index (χ4v) is 2.37. The average molecular weight is 396 g/mol. The number of nitrogens with one attached hydrogen (secondary N) is 1. The molecule has 0 unspecified atom stereocenters. The van der Waals surface area contributed by atoms with Crippen molar-refractivity contribution in [1.29, 1.82) is 0 Å². The Morgan fingerprint density at radius 3 is 2.50 bits per heavy atom. The lowest BCUT2D eigenvalue weighted by molar-refractivity contribution is -0.142. The van der Waals surface area contributed by atoms with E-state index in [1.807, 2.05) is 26.0 Å². The molecule has 8 heteroatoms. The van der Waals surface area contributed by atoms with E-state index in [2.05, 4.69) is 26.3 Å². The highest BCUT2D eigenvalue weighted by Crippen LogP contribution is 2.23. The summed E-state index contributed by atoms with van der Waals surface area (Å²) in [5, 5.41) is 15.5. The first-order valence-electron chi connectivity index (χ1n) is 7.30. The van der Waals surface area contributed by atoms with Crippen LogP contribution in [0.3, 0.4) is 0 Å². The van der Waals surface area contributed by atoms with Crippen LogP contribution in [0.15, 0.2) is 28.7 Å². The zero-order valence-electron chi connectivity index (χ0n) is 13.4. The smallest absolute Gasteiger partial charge is 0.329 e. The number of nitrogens with zero attached hydrogens (tertiary/aromatic N) is 2. The number of carboxylic acids is 1. The normalized spacial score (nSPS) is 10.6. The number of benzene rings is 1. The van der Waals surface area contributed by atoms with E-state index in [0.717, 1.165) is 21.5 Å². The Balaban J connectivity index is 1.95. The molecule has 0 bridgehead atoms. The minimum atomic E-state index is -1.03. The Labute approximate surface area is 147 Å². The highest BCUT2D eigenvalue weighted by molar-refractivity contribution is 9.10. The second-order valence-corrected chi connectivity index (χ2v) is 5.94. The van der Waals surface area contributed by atoms with E-state index in [9.17, 15) is 9.59 Å². The number of amides is 1. The summed E-state index contributed by atoms with van der Waals surface area (Å²) in [6.45, 7) is 3.90. The highest BCUT2D eigenvalue weighted by Gasteiger charge is 2.11. The lowest BCUT2D eigenvalue weighted by Crippen LogP contribution is -2.27. The van der Waals surface area contributed by atoms with Gasteiger partial charge in [0.05, 0.1) is 28.2 Å². The quantitative estimate of drug-likeness (QED) is 0.699. The summed E-state index contributed by atoms with van der Waals surface area (Å²) in [7, 11) is 0. The molecular formula is C16H18BrN3O4. The van der Waals surface area contributed by atoms with E-state index in [0.29, 0.717) is 5.56 Å². The van der Waals surface area contributed by atoms with Crippen molar-refractivity contribution >= 4 is 27.8 Å². The van der Waals surface area contributed by atoms with Crippen LogP contribution in [0.25, 0.3) is 5.69 Å². The third-order valence-electron chi connectivity index (χ3n) is 3.33. The molecule has 0 atom stereocenters. The number of rotatable bonds is 7. The van der Waals surface area contributed by atoms with Gasteiger partial charge >= 0.3 is 5.97 Å². The lowest BCUT2D eigenvalue weighted by atomic mass is 10.2. The van der Waals surface area contributed by atoms with Gasteiger partial charge in [-0.1, -0.05) is 0 Å². The zero-order chi connectivity index (χ0) is 17.7. The molecule has 0 fully saturated rings. The Bertz CT molecular complexity index is 741. The van der Waals surface area contributed by atoms with Crippen molar-refractivity contribution in [1.82, 2.24) is 15.1 Å². The maximum absolute atomic E-state index is 12.0. The van der Waals surface area contributed by atoms with Gasteiger partial charge in [-0.3, -0.25) is 4.79 Å². The monoisotopic (exact) mass is 395 g/mol. The molecule has 2 aromatic rings. The van der Waals surface area contributed by atoms with Crippen LogP contribution < -0.4 is 5.32 Å². The van der Waals surface area contributed by atoms with Gasteiger partial charge < -0.3 is 15.2 Å². The van der Waals surface area contributed by atoms with Crippen LogP contribution in [-0.4, -0.2) is 46.5 Å². The largest absolute Gasteiger partial charge is 0.480 e. The van der Waals surface area contributed by atoms with Gasteiger partial charge in [0.25, 0.3) is 5.91 Å². The second kappa shape index (κ2) is 8.07. The van der Waals surface area contributed by atoms with Crippen LogP contribution in [0.5, 0.6) is 0 Å². The van der Waals surface area contributed by atoms with Crippen LogP contribution in [0.4, 0.5) is 0 Å². The SMILES string of the molecule is Cc1nn(-c2ccc(C(=O)NCCOCC(=O)O)cc2)c(C)c1Br. The van der Waals surface area contributed by atoms with Gasteiger partial charge in [-0.15, -0.1) is 0 Å². The summed E-state index contributed by atoms with van der Waals surface area (Å²) in [6, 6.07) is 7.07. The molecule has 24 heavy (non-hydrogen) atoms. The molecule has 0 aliphatic carbocycles. The van der Waals surface area contributed by atoms with Gasteiger partial charge in [0.15, 0.2) is 0 Å². The summed E-state index contributed by atoms with van der Waals surface area (Å²) in [6.07, 6.45) is 0. The van der Waals surface area contributed by atoms with Crippen LogP contribution in [0.2, 0.25) is 0 Å². The van der Waals surface area contributed by atoms with E-state index >= 15 is 0 Å². The van der Waals surface area contributed by atoms with Gasteiger partial charge in [0.2, 0.25) is 0 Å². The van der Waals surface area contributed by atoms with E-state index in [1.54, 1.807) is 16.8 Å². The molecule has 1 aromatic carbocycles. The molecule has 0 spiro atoms. The second-order valence-electron chi connectivity index (χ2n) is 5.15. The molecule has 128 valence electrons. The zero-order valence-corrected chi connectivity index (χ0v) is 15.0. The predicted octanol–water partition coefficient (Wildman–Crippen LogP) is 2.08. The average Bonchev–Trinajstić information content (AvgIpc) is 2.82. The number of aromatic nitrogens is 2. The van der Waals surface area contributed by atoms with E-state index in [1.165, 1.54) is 0 Å². The highest BCUT2D eigenvalue weighted by atomic mass is 79.9. The molecule has 1 heterocycles. The number of carbonyl (C=O) groups excluding carboxylic acids is 1. The number of aliphatic carboxylic acids is 1. The summed E-state index contributed by atoms with van der Waals surface area (Å²) in [5.74, 6) is -1.28. The molecule has 7 nitrogen and oxygen atoms in total. The van der Waals surface area contributed by atoms with Crippen molar-refractivity contribution in [3.8, 4) is 5.69 Å². The van der Waals surface area contributed by atoms with Crippen LogP contribution in [0.1, 0.15) is 21.7 Å². The van der Waals surface area contributed by atoms with Gasteiger partial charge in [-0.25, -0.2) is 9.48 Å². The number of hydrogen-bond donors (Lipinski definition) is 2. The number of halogens is 1. The Hall–Kier alpha value is -2.19. The third kappa shape index (κ3) is 4.42. The number of carboxylic acid groups (broad SMARTS) is 1. The summed E-state index contributed by atoms with van der Waals surface area (Å²) in [5.41, 5.74) is 3.26. The fraction of sp³-hybridized carbons (Fsp3) is 0.312. The lowest BCUT2D eigenvalue weighted by Gasteiger charge is -2.07. The van der Waals surface area contributed by atoms with Crippen LogP contribution in [-0.2, 0) is 9.53 Å². The minimum Gasteiger partial charge on any atom is -0.480 e. The third-order valence-corrected chi connectivity index (χ3v) is 4.48. The number of carbonyl (C=O) groups is 2. The molecule has 1 amide bonds. The summed E-state index contributed by atoms with van der Waals surface area (Å²) in [4.78, 5) is 22.3. The first-order chi connectivity index (χ1) is 11.4. The topological polar surface area (TPSA) is 93.5 Å². The first kappa shape index (κ1) is 18.2. The van der Waals surface area contributed by atoms with E-state index < -0.39 is 5.97 Å². The van der Waals surface area contributed by atoms with Crippen molar-refractivity contribution in [3.63, 3.8) is 0 Å². The number of hydrogen-bond acceptors (Lipinski definition) is 4. The number of aryl methyl sites for hydroxylation is 1. The Morgan fingerprint density at radius 1 is 1.29 bits per heavy atom. The summed E-state index contributed by atoms with van der Waals surface area (Å²) >= 11 is 3.49. The Morgan fingerprint density at radius 2 is 1.96 bits per heavy atom. The van der Waals surface area contributed by atoms with Crippen LogP contribution in [0, 0.1) is 13.8 Å². The van der Waals surface area contributed by atoms with E-state index in [-0.39, 0.29) is 25.7 Å². The predicted molar refractivity (Wildman–Crippen MR) is 91.5 cm³/mol. The minimum absolute atomic E-state index is 0.149. The molecule has 2 N–H and O–H groups in total. The van der Waals surface area contributed by atoms with Gasteiger partial charge in [-0.2, -0.15) is 5.10 Å². The van der Waals surface area contributed by atoms with Crippen molar-refractivity contribution < 1.29 is 19.4 Å². The van der Waals surface area contributed by atoms with Gasteiger partial charge in [-0.05, 0) is 54.0 Å². The first-order valence-corrected chi connectivity index (χ1v) is 8.09. The molecule has 0 saturated heterocycles. The molecule has 0 radical (unpaired) electrons. The van der Waals surface area contributed by atoms with Crippen molar-refractivity contribution in [3.05, 3.63) is 45.7 Å². The van der Waals surface area contributed by atoms with Crippen molar-refractivity contribution in [2.75, 3.05) is 19.8 Å². The van der Waals surface area contributed by atoms with Gasteiger partial charge in [0.1, 0.15) is 6.61 Å². The standard InChI is InChI=1S/C16H18BrN3O4/c1-10-15(17)11(2)20(19-10)13-5-3-12(4-6-13)16(23)18-7-8-24-9-14(21)22/h3-6H,7-9H2,1-2H3,(H,18,23)(H,21,22). The molecule has 2 rings (SSSR count). The summed E-state index contributed by atoms with van der Waals surface area (Å²) < 4.78 is 7.62. The van der Waals surface area contributed by atoms with Crippen molar-refractivity contribution in [2.24, 2.45) is 0 Å². The fourth-order valence-electron chi connectivity index (χ4n) is 2.13. The van der Waals surface area contributed by atoms with Crippen molar-refractivity contribution in [2.45, 2.75) is 13.8 Å². The van der Waals surface area contributed by atoms with Gasteiger partial charge in [0, 0.05) is 12.1 Å². The molecule has 1 aromatic heterocycles. The maximum Gasteiger partial charge on any atom is 0.329 e. The van der Waals surface area contributed by atoms with Crippen LogP contribution >= 0.6 is 15.9 Å². The molecule has 0 aliphatic heterocycles. The number of ether oxygens (including phenoxy) is 1. The Kier molecular flexibility index (Phi) is 6.10. The molecule has 0 aliphatic rings.